The van der Waals surface area contributed by atoms with E-state index in [0.29, 0.717) is 5.82 Å². The molecule has 1 N–H and O–H groups in total. The highest BCUT2D eigenvalue weighted by Crippen LogP contribution is 2.30. The van der Waals surface area contributed by atoms with Crippen LogP contribution in [0.15, 0.2) is 6.07 Å². The summed E-state index contributed by atoms with van der Waals surface area (Å²) in [5, 5.41) is -0.729. The quantitative estimate of drug-likeness (QED) is 0.668. The number of carbonyl (C=O) groups excluding carboxylic acids is 2. The van der Waals surface area contributed by atoms with E-state index < -0.39 is 5.92 Å². The van der Waals surface area contributed by atoms with Gasteiger partial charge in [0.25, 0.3) is 0 Å². The number of benzene rings is 1. The molecule has 0 aliphatic rings. The van der Waals surface area contributed by atoms with Crippen molar-refractivity contribution in [3.8, 4) is 0 Å². The summed E-state index contributed by atoms with van der Waals surface area (Å²) in [6.45, 7) is 6.39. The Morgan fingerprint density at radius 2 is 1.78 bits per heavy atom. The first kappa shape index (κ1) is 18.1. The molecule has 1 unspecified atom stereocenters. The summed E-state index contributed by atoms with van der Waals surface area (Å²) in [4.78, 5) is 30.9. The average molecular weight is 351 g/mol. The number of aromatic amines is 1. The summed E-state index contributed by atoms with van der Waals surface area (Å²) in [6.07, 6.45) is 2.77. The Morgan fingerprint density at radius 3 is 2.26 bits per heavy atom. The smallest absolute Gasteiger partial charge is 0.197 e. The van der Waals surface area contributed by atoms with Crippen molar-refractivity contribution in [1.29, 1.82) is 0 Å². The van der Waals surface area contributed by atoms with E-state index in [-0.39, 0.29) is 16.7 Å². The number of H-pyrrole nitrogens is 1. The van der Waals surface area contributed by atoms with Crippen molar-refractivity contribution in [3.63, 3.8) is 0 Å². The van der Waals surface area contributed by atoms with Crippen LogP contribution in [-0.4, -0.2) is 20.2 Å². The number of nitrogens with one attached hydrogen (secondary N) is 1. The fourth-order valence-electron chi connectivity index (χ4n) is 3.12. The second-order valence-corrected chi connectivity index (χ2v) is 6.50. The van der Waals surface area contributed by atoms with Crippen LogP contribution in [0.2, 0.25) is 0 Å². The molecule has 0 fully saturated rings. The molecule has 0 bridgehead atoms. The van der Waals surface area contributed by atoms with Gasteiger partial charge in [0.05, 0.1) is 17.0 Å². The molecule has 124 valence electrons. The van der Waals surface area contributed by atoms with E-state index in [9.17, 15) is 9.59 Å². The van der Waals surface area contributed by atoms with Gasteiger partial charge < -0.3 is 4.98 Å². The molecule has 1 aromatic carbocycles. The highest BCUT2D eigenvalue weighted by atomic mass is 32.1. The summed E-state index contributed by atoms with van der Waals surface area (Å²) < 4.78 is 0. The molecule has 0 radical (unpaired) electrons. The number of aromatic nitrogens is 2. The Kier molecular flexibility index (Phi) is 5.92. The molecule has 2 aromatic rings. The fraction of sp³-hybridized carbons (Fsp3) is 0.471. The Hall–Kier alpha value is -1.27. The number of fused-ring (bicyclic) bond motifs is 1. The van der Waals surface area contributed by atoms with E-state index in [4.69, 9.17) is 0 Å². The van der Waals surface area contributed by atoms with Crippen molar-refractivity contribution in [2.24, 2.45) is 0 Å². The van der Waals surface area contributed by atoms with Gasteiger partial charge in [-0.25, -0.2) is 4.98 Å². The van der Waals surface area contributed by atoms with Gasteiger partial charge in [0.1, 0.15) is 5.82 Å². The number of imidazole rings is 1. The van der Waals surface area contributed by atoms with Gasteiger partial charge in [-0.1, -0.05) is 20.8 Å². The molecule has 1 aromatic heterocycles. The van der Waals surface area contributed by atoms with E-state index in [0.717, 1.165) is 30.3 Å². The van der Waals surface area contributed by atoms with Crippen molar-refractivity contribution in [3.05, 3.63) is 28.6 Å². The lowest BCUT2D eigenvalue weighted by atomic mass is 9.94. The number of hydrogen-bond donors (Lipinski definition) is 3. The van der Waals surface area contributed by atoms with E-state index in [2.05, 4.69) is 62.1 Å². The molecule has 0 spiro atoms. The van der Waals surface area contributed by atoms with E-state index in [1.807, 2.05) is 0 Å². The first-order chi connectivity index (χ1) is 10.9. The highest BCUT2D eigenvalue weighted by Gasteiger charge is 2.25. The lowest BCUT2D eigenvalue weighted by Crippen LogP contribution is -2.11. The lowest BCUT2D eigenvalue weighted by molar-refractivity contribution is -0.116. The molecule has 0 saturated heterocycles. The van der Waals surface area contributed by atoms with Crippen LogP contribution in [0.25, 0.3) is 11.0 Å². The number of rotatable bonds is 7. The van der Waals surface area contributed by atoms with Crippen LogP contribution in [0.4, 0.5) is 0 Å². The van der Waals surface area contributed by atoms with Crippen LogP contribution in [0, 0.1) is 0 Å². The monoisotopic (exact) mass is 350 g/mol. The molecule has 4 nitrogen and oxygen atoms in total. The lowest BCUT2D eigenvalue weighted by Gasteiger charge is -2.12. The van der Waals surface area contributed by atoms with Crippen LogP contribution < -0.4 is 0 Å². The van der Waals surface area contributed by atoms with Crippen LogP contribution in [-0.2, 0) is 28.9 Å². The maximum atomic E-state index is 11.8. The molecule has 23 heavy (non-hydrogen) atoms. The van der Waals surface area contributed by atoms with Crippen molar-refractivity contribution < 1.29 is 9.59 Å². The van der Waals surface area contributed by atoms with E-state index >= 15 is 0 Å². The number of carbonyl (C=O) groups is 2. The third kappa shape index (κ3) is 3.63. The van der Waals surface area contributed by atoms with Gasteiger partial charge >= 0.3 is 0 Å². The molecule has 1 atom stereocenters. The maximum Gasteiger partial charge on any atom is 0.197 e. The number of hydrogen-bond acceptors (Lipinski definition) is 3. The third-order valence-corrected chi connectivity index (χ3v) is 4.70. The largest absolute Gasteiger partial charge is 0.341 e. The molecular formula is C17H22N2O2S2. The van der Waals surface area contributed by atoms with Crippen molar-refractivity contribution >= 4 is 46.5 Å². The highest BCUT2D eigenvalue weighted by molar-refractivity contribution is 7.97. The first-order valence-corrected chi connectivity index (χ1v) is 8.80. The molecule has 0 saturated carbocycles. The molecule has 0 amide bonds. The Morgan fingerprint density at radius 1 is 1.13 bits per heavy atom. The number of nitrogens with zero attached hydrogens (tertiary/aromatic N) is 1. The summed E-state index contributed by atoms with van der Waals surface area (Å²) in [5.41, 5.74) is 5.65. The van der Waals surface area contributed by atoms with Gasteiger partial charge in [-0.2, -0.15) is 0 Å². The predicted octanol–water partition coefficient (Wildman–Crippen LogP) is 3.64. The second kappa shape index (κ2) is 7.53. The van der Waals surface area contributed by atoms with Crippen LogP contribution >= 0.6 is 25.3 Å². The normalized spacial score (nSPS) is 12.6. The van der Waals surface area contributed by atoms with Gasteiger partial charge in [0.15, 0.2) is 10.2 Å². The van der Waals surface area contributed by atoms with E-state index in [1.165, 1.54) is 16.7 Å². The predicted molar refractivity (Wildman–Crippen MR) is 99.6 cm³/mol. The average Bonchev–Trinajstić information content (AvgIpc) is 2.93. The SMILES string of the molecule is CCc1cc2[nH]c(C(CC(=O)S)C(=O)S)nc2c(CC)c1CC. The minimum Gasteiger partial charge on any atom is -0.341 e. The second-order valence-electron chi connectivity index (χ2n) is 5.56. The first-order valence-electron chi connectivity index (χ1n) is 7.90. The Labute approximate surface area is 147 Å². The van der Waals surface area contributed by atoms with Crippen LogP contribution in [0.3, 0.4) is 0 Å². The zero-order valence-corrected chi connectivity index (χ0v) is 15.4. The number of thiol groups is 2. The van der Waals surface area contributed by atoms with Gasteiger partial charge in [-0.15, -0.1) is 25.3 Å². The zero-order valence-electron chi connectivity index (χ0n) is 13.6. The summed E-state index contributed by atoms with van der Waals surface area (Å²) >= 11 is 7.68. The Bertz CT molecular complexity index is 753. The maximum absolute atomic E-state index is 11.8. The van der Waals surface area contributed by atoms with Gasteiger partial charge in [-0.3, -0.25) is 9.59 Å². The molecule has 0 aliphatic heterocycles. The fourth-order valence-corrected chi connectivity index (χ4v) is 3.51. The third-order valence-electron chi connectivity index (χ3n) is 4.20. The van der Waals surface area contributed by atoms with Gasteiger partial charge in [0, 0.05) is 6.42 Å². The number of aryl methyl sites for hydroxylation is 2. The van der Waals surface area contributed by atoms with Gasteiger partial charge in [-0.05, 0) is 42.0 Å². The topological polar surface area (TPSA) is 62.8 Å². The minimum atomic E-state index is -0.685. The summed E-state index contributed by atoms with van der Waals surface area (Å²) in [6, 6.07) is 2.10. The molecule has 0 aliphatic carbocycles. The van der Waals surface area contributed by atoms with Crippen molar-refractivity contribution in [2.45, 2.75) is 52.4 Å². The molecule has 1 heterocycles. The van der Waals surface area contributed by atoms with Gasteiger partial charge in [0.2, 0.25) is 0 Å². The minimum absolute atomic E-state index is 0.00596. The van der Waals surface area contributed by atoms with Crippen LogP contribution in [0.5, 0.6) is 0 Å². The molecular weight excluding hydrogens is 328 g/mol. The molecule has 2 rings (SSSR count). The standard InChI is InChI=1S/C17H22N2O2S2/c1-4-9-7-13-15(11(6-3)10(9)5-2)19-16(18-13)12(17(21)23)8-14(20)22/h7,12H,4-6,8H2,1-3H3,(H,18,19)(H,20,22)(H,21,23). The summed E-state index contributed by atoms with van der Waals surface area (Å²) in [5.74, 6) is -0.192. The van der Waals surface area contributed by atoms with Crippen LogP contribution in [0.1, 0.15) is 55.6 Å². The molecule has 6 heteroatoms. The zero-order chi connectivity index (χ0) is 17.1. The van der Waals surface area contributed by atoms with Crippen molar-refractivity contribution in [1.82, 2.24) is 9.97 Å². The summed E-state index contributed by atoms with van der Waals surface area (Å²) in [7, 11) is 0. The van der Waals surface area contributed by atoms with E-state index in [1.54, 1.807) is 0 Å². The van der Waals surface area contributed by atoms with Crippen molar-refractivity contribution in [2.75, 3.05) is 0 Å². The Balaban J connectivity index is 2.65.